The quantitative estimate of drug-likeness (QED) is 0.213. The summed E-state index contributed by atoms with van der Waals surface area (Å²) in [6.07, 6.45) is -0.590. The number of hydrogen-bond acceptors (Lipinski definition) is 6. The molecule has 37 heavy (non-hydrogen) atoms. The Morgan fingerprint density at radius 1 is 1.19 bits per heavy atom. The maximum absolute atomic E-state index is 14.2. The molecule has 0 atom stereocenters. The van der Waals surface area contributed by atoms with Gasteiger partial charge in [0, 0.05) is 37.3 Å². The van der Waals surface area contributed by atoms with E-state index in [9.17, 15) is 22.4 Å². The molecule has 0 saturated heterocycles. The summed E-state index contributed by atoms with van der Waals surface area (Å²) in [7, 11) is 1.66. The molecule has 2 aromatic carbocycles. The average Bonchev–Trinajstić information content (AvgIpc) is 3.14. The van der Waals surface area contributed by atoms with Crippen LogP contribution in [0.4, 0.5) is 34.9 Å². The lowest BCUT2D eigenvalue weighted by molar-refractivity contribution is -0.137. The molecule has 0 saturated carbocycles. The molecule has 1 amide bonds. The van der Waals surface area contributed by atoms with Gasteiger partial charge in [-0.3, -0.25) is 9.48 Å². The molecular weight excluding hydrogens is 516 g/mol. The number of halogens is 5. The number of nitrogens with zero attached hydrogens (tertiary/aromatic N) is 4. The van der Waals surface area contributed by atoms with Crippen molar-refractivity contribution in [2.24, 2.45) is 7.05 Å². The maximum atomic E-state index is 14.2. The standard InChI is InChI=1S/C24H17ClF4N6O2/c1-3-20(36)31-16-8-15(26)9-17(10-16)37-22-18(13-4-6-14(7-5-13)24(27,28)29)11-30-23(33-22)32-19-12-35(2)34-21(19)25/h3-12H,1H2,2H3,(H,31,36)(H,30,32,33). The predicted octanol–water partition coefficient (Wildman–Crippen LogP) is 6.35. The Kier molecular flexibility index (Phi) is 7.11. The summed E-state index contributed by atoms with van der Waals surface area (Å²) >= 11 is 6.08. The Bertz CT molecular complexity index is 1470. The van der Waals surface area contributed by atoms with Crippen LogP contribution >= 0.6 is 11.6 Å². The highest BCUT2D eigenvalue weighted by Crippen LogP contribution is 2.36. The number of benzene rings is 2. The summed E-state index contributed by atoms with van der Waals surface area (Å²) in [4.78, 5) is 20.1. The van der Waals surface area contributed by atoms with E-state index in [2.05, 4.69) is 32.3 Å². The van der Waals surface area contributed by atoms with Crippen molar-refractivity contribution in [3.63, 3.8) is 0 Å². The second-order valence-electron chi connectivity index (χ2n) is 7.59. The predicted molar refractivity (Wildman–Crippen MR) is 129 cm³/mol. The zero-order chi connectivity index (χ0) is 26.7. The number of aromatic nitrogens is 4. The van der Waals surface area contributed by atoms with Gasteiger partial charge in [0.05, 0.1) is 16.8 Å². The molecule has 2 heterocycles. The van der Waals surface area contributed by atoms with Gasteiger partial charge >= 0.3 is 6.18 Å². The van der Waals surface area contributed by atoms with E-state index < -0.39 is 23.5 Å². The van der Waals surface area contributed by atoms with Gasteiger partial charge < -0.3 is 15.4 Å². The molecule has 4 rings (SSSR count). The average molecular weight is 533 g/mol. The SMILES string of the molecule is C=CC(=O)Nc1cc(F)cc(Oc2nc(Nc3cn(C)nc3Cl)ncc2-c2ccc(C(F)(F)F)cc2)c1. The summed E-state index contributed by atoms with van der Waals surface area (Å²) in [6, 6.07) is 7.75. The first-order chi connectivity index (χ1) is 17.5. The lowest BCUT2D eigenvalue weighted by atomic mass is 10.1. The highest BCUT2D eigenvalue weighted by molar-refractivity contribution is 6.32. The Balaban J connectivity index is 1.75. The highest BCUT2D eigenvalue weighted by Gasteiger charge is 2.30. The molecular formula is C24H17ClF4N6O2. The summed E-state index contributed by atoms with van der Waals surface area (Å²) in [5.74, 6) is -1.41. The number of rotatable bonds is 7. The zero-order valence-corrected chi connectivity index (χ0v) is 19.7. The van der Waals surface area contributed by atoms with Crippen LogP contribution in [0.15, 0.2) is 67.5 Å². The molecule has 0 aliphatic rings. The van der Waals surface area contributed by atoms with Crippen LogP contribution in [0.2, 0.25) is 5.15 Å². The van der Waals surface area contributed by atoms with Gasteiger partial charge in [-0.1, -0.05) is 30.3 Å². The topological polar surface area (TPSA) is 94.0 Å². The van der Waals surface area contributed by atoms with E-state index in [0.717, 1.165) is 30.3 Å². The Hall–Kier alpha value is -4.45. The summed E-state index contributed by atoms with van der Waals surface area (Å²) in [5, 5.41) is 9.44. The van der Waals surface area contributed by atoms with E-state index in [1.165, 1.54) is 29.1 Å². The first-order valence-corrected chi connectivity index (χ1v) is 10.8. The van der Waals surface area contributed by atoms with Crippen molar-refractivity contribution in [3.8, 4) is 22.8 Å². The van der Waals surface area contributed by atoms with Crippen LogP contribution < -0.4 is 15.4 Å². The molecule has 0 fully saturated rings. The van der Waals surface area contributed by atoms with Gasteiger partial charge in [0.1, 0.15) is 11.6 Å². The van der Waals surface area contributed by atoms with E-state index >= 15 is 0 Å². The van der Waals surface area contributed by atoms with Crippen LogP contribution in [0.3, 0.4) is 0 Å². The van der Waals surface area contributed by atoms with Crippen LogP contribution in [0, 0.1) is 5.82 Å². The van der Waals surface area contributed by atoms with Crippen molar-refractivity contribution in [1.82, 2.24) is 19.7 Å². The largest absolute Gasteiger partial charge is 0.438 e. The molecule has 0 radical (unpaired) electrons. The third-order valence-corrected chi connectivity index (χ3v) is 5.13. The monoisotopic (exact) mass is 532 g/mol. The molecule has 0 unspecified atom stereocenters. The fourth-order valence-corrected chi connectivity index (χ4v) is 3.42. The number of alkyl halides is 3. The van der Waals surface area contributed by atoms with Gasteiger partial charge in [0.15, 0.2) is 5.15 Å². The third-order valence-electron chi connectivity index (χ3n) is 4.85. The fraction of sp³-hybridized carbons (Fsp3) is 0.0833. The second kappa shape index (κ2) is 10.3. The van der Waals surface area contributed by atoms with Crippen LogP contribution in [0.5, 0.6) is 11.6 Å². The first kappa shape index (κ1) is 25.6. The van der Waals surface area contributed by atoms with E-state index in [4.69, 9.17) is 16.3 Å². The molecule has 2 N–H and O–H groups in total. The molecule has 8 nitrogen and oxygen atoms in total. The third kappa shape index (κ3) is 6.22. The molecule has 190 valence electrons. The number of ether oxygens (including phenoxy) is 1. The van der Waals surface area contributed by atoms with E-state index in [0.29, 0.717) is 11.3 Å². The summed E-state index contributed by atoms with van der Waals surface area (Å²) in [6.45, 7) is 3.34. The number of carbonyl (C=O) groups excluding carboxylic acids is 1. The smallest absolute Gasteiger partial charge is 0.416 e. The Morgan fingerprint density at radius 2 is 1.92 bits per heavy atom. The molecule has 0 bridgehead atoms. The number of anilines is 3. The van der Waals surface area contributed by atoms with Crippen molar-refractivity contribution in [2.45, 2.75) is 6.18 Å². The molecule has 4 aromatic rings. The number of carbonyl (C=O) groups is 1. The highest BCUT2D eigenvalue weighted by atomic mass is 35.5. The minimum absolute atomic E-state index is 0.0251. The molecule has 2 aromatic heterocycles. The van der Waals surface area contributed by atoms with Crippen molar-refractivity contribution < 1.29 is 27.1 Å². The maximum Gasteiger partial charge on any atom is 0.416 e. The second-order valence-corrected chi connectivity index (χ2v) is 7.95. The van der Waals surface area contributed by atoms with Crippen molar-refractivity contribution in [1.29, 1.82) is 0 Å². The minimum Gasteiger partial charge on any atom is -0.438 e. The Labute approximate surface area is 212 Å². The molecule has 0 spiro atoms. The minimum atomic E-state index is -4.51. The normalized spacial score (nSPS) is 11.2. The lowest BCUT2D eigenvalue weighted by Gasteiger charge is -2.14. The Morgan fingerprint density at radius 3 is 2.54 bits per heavy atom. The fourth-order valence-electron chi connectivity index (χ4n) is 3.21. The van der Waals surface area contributed by atoms with Crippen molar-refractivity contribution in [2.75, 3.05) is 10.6 Å². The van der Waals surface area contributed by atoms with Gasteiger partial charge in [-0.25, -0.2) is 9.37 Å². The summed E-state index contributed by atoms with van der Waals surface area (Å²) < 4.78 is 60.6. The van der Waals surface area contributed by atoms with Gasteiger partial charge in [-0.15, -0.1) is 0 Å². The van der Waals surface area contributed by atoms with Crippen molar-refractivity contribution >= 4 is 34.8 Å². The number of aryl methyl sites for hydroxylation is 1. The molecule has 0 aliphatic heterocycles. The van der Waals surface area contributed by atoms with E-state index in [-0.39, 0.29) is 34.0 Å². The van der Waals surface area contributed by atoms with Gasteiger partial charge in [-0.05, 0) is 29.8 Å². The van der Waals surface area contributed by atoms with E-state index in [1.54, 1.807) is 13.2 Å². The first-order valence-electron chi connectivity index (χ1n) is 10.4. The summed E-state index contributed by atoms with van der Waals surface area (Å²) in [5.41, 5.74) is 0.169. The van der Waals surface area contributed by atoms with Crippen LogP contribution in [0.1, 0.15) is 5.56 Å². The lowest BCUT2D eigenvalue weighted by Crippen LogP contribution is -2.07. The number of nitrogens with one attached hydrogen (secondary N) is 2. The van der Waals surface area contributed by atoms with Gasteiger partial charge in [0.25, 0.3) is 0 Å². The van der Waals surface area contributed by atoms with Crippen LogP contribution in [-0.4, -0.2) is 25.7 Å². The zero-order valence-electron chi connectivity index (χ0n) is 19.0. The molecule has 13 heteroatoms. The van der Waals surface area contributed by atoms with Gasteiger partial charge in [0.2, 0.25) is 17.7 Å². The van der Waals surface area contributed by atoms with Crippen molar-refractivity contribution in [3.05, 3.63) is 84.0 Å². The number of amides is 1. The molecule has 0 aliphatic carbocycles. The number of hydrogen-bond donors (Lipinski definition) is 2. The van der Waals surface area contributed by atoms with Crippen LogP contribution in [-0.2, 0) is 18.0 Å². The van der Waals surface area contributed by atoms with E-state index in [1.807, 2.05) is 0 Å². The van der Waals surface area contributed by atoms with Crippen LogP contribution in [0.25, 0.3) is 11.1 Å². The van der Waals surface area contributed by atoms with Gasteiger partial charge in [-0.2, -0.15) is 23.3 Å².